The maximum Gasteiger partial charge on any atom is 0.313 e. The molecule has 1 aromatic carbocycles. The number of nitrogens with zero attached hydrogens (tertiary/aromatic N) is 2. The minimum Gasteiger partial charge on any atom is -0.455 e. The Hall–Kier alpha value is -3.54. The molecule has 44 heavy (non-hydrogen) atoms. The minimum atomic E-state index is -1.32. The summed E-state index contributed by atoms with van der Waals surface area (Å²) in [4.78, 5) is 59.0. The van der Waals surface area contributed by atoms with Crippen LogP contribution in [0.25, 0.3) is 0 Å². The Morgan fingerprint density at radius 1 is 1.09 bits per heavy atom. The lowest BCUT2D eigenvalue weighted by Crippen LogP contribution is -2.57. The van der Waals surface area contributed by atoms with Crippen molar-refractivity contribution < 1.29 is 38.5 Å². The van der Waals surface area contributed by atoms with Crippen molar-refractivity contribution in [2.75, 3.05) is 33.4 Å². The molecule has 4 aliphatic heterocycles. The Balaban J connectivity index is 1.58. The molecule has 0 aromatic heterocycles. The molecule has 11 heteroatoms. The van der Waals surface area contributed by atoms with Crippen molar-refractivity contribution in [3.8, 4) is 0 Å². The van der Waals surface area contributed by atoms with Crippen LogP contribution in [0.4, 0.5) is 0 Å². The van der Waals surface area contributed by atoms with Gasteiger partial charge in [-0.3, -0.25) is 19.2 Å². The Morgan fingerprint density at radius 2 is 1.86 bits per heavy atom. The molecule has 1 aromatic rings. The number of unbranched alkanes of at least 4 members (excludes halogenated alkanes) is 1. The second-order valence-electron chi connectivity index (χ2n) is 12.2. The highest BCUT2D eigenvalue weighted by Crippen LogP contribution is 2.56. The number of aliphatic hydroxyl groups excluding tert-OH is 1. The van der Waals surface area contributed by atoms with E-state index < -0.39 is 47.7 Å². The van der Waals surface area contributed by atoms with Crippen molar-refractivity contribution >= 4 is 23.7 Å². The number of hydrogen-bond acceptors (Lipinski definition) is 8. The van der Waals surface area contributed by atoms with Crippen LogP contribution in [0.15, 0.2) is 54.6 Å². The summed E-state index contributed by atoms with van der Waals surface area (Å²) < 4.78 is 18.1. The fourth-order valence-electron chi connectivity index (χ4n) is 6.98. The third-order valence-corrected chi connectivity index (χ3v) is 9.03. The molecule has 0 aliphatic carbocycles. The molecule has 2 N–H and O–H groups in total. The van der Waals surface area contributed by atoms with Gasteiger partial charge in [0.25, 0.3) is 0 Å². The summed E-state index contributed by atoms with van der Waals surface area (Å²) in [5.41, 5.74) is -0.658. The molecule has 0 saturated carbocycles. The molecule has 2 saturated heterocycles. The number of amides is 3. The van der Waals surface area contributed by atoms with Crippen LogP contribution >= 0.6 is 0 Å². The number of aliphatic hydroxyl groups is 1. The van der Waals surface area contributed by atoms with E-state index in [1.165, 1.54) is 7.11 Å². The van der Waals surface area contributed by atoms with Gasteiger partial charge in [-0.05, 0) is 38.7 Å². The van der Waals surface area contributed by atoms with Gasteiger partial charge in [-0.25, -0.2) is 0 Å². The van der Waals surface area contributed by atoms with Crippen molar-refractivity contribution in [2.45, 2.75) is 75.5 Å². The number of rotatable bonds is 8. The van der Waals surface area contributed by atoms with Crippen LogP contribution in [0.5, 0.6) is 0 Å². The van der Waals surface area contributed by atoms with Crippen LogP contribution in [0.2, 0.25) is 0 Å². The van der Waals surface area contributed by atoms with Crippen molar-refractivity contribution in [1.82, 2.24) is 15.1 Å². The highest BCUT2D eigenvalue weighted by molar-refractivity contribution is 5.99. The van der Waals surface area contributed by atoms with Gasteiger partial charge in [-0.15, -0.1) is 0 Å². The fourth-order valence-corrected chi connectivity index (χ4v) is 6.98. The largest absolute Gasteiger partial charge is 0.455 e. The quantitative estimate of drug-likeness (QED) is 0.259. The summed E-state index contributed by atoms with van der Waals surface area (Å²) in [6.07, 6.45) is 7.23. The van der Waals surface area contributed by atoms with Gasteiger partial charge in [-0.1, -0.05) is 54.6 Å². The lowest BCUT2D eigenvalue weighted by Gasteiger charge is -2.37. The molecule has 0 radical (unpaired) electrons. The number of methoxy groups -OCH3 is 1. The summed E-state index contributed by atoms with van der Waals surface area (Å²) in [6.45, 7) is 4.40. The molecular formula is C33H43N3O8. The zero-order valence-electron chi connectivity index (χ0n) is 25.6. The van der Waals surface area contributed by atoms with E-state index in [1.54, 1.807) is 22.0 Å². The number of esters is 1. The lowest BCUT2D eigenvalue weighted by molar-refractivity contribution is -0.162. The average Bonchev–Trinajstić information content (AvgIpc) is 3.64. The fraction of sp³-hybridized carbons (Fsp3) is 0.576. The van der Waals surface area contributed by atoms with Crippen LogP contribution in [-0.2, 0) is 33.4 Å². The predicted octanol–water partition coefficient (Wildman–Crippen LogP) is 1.91. The number of cyclic esters (lactones) is 1. The Kier molecular flexibility index (Phi) is 9.87. The Bertz CT molecular complexity index is 1280. The second kappa shape index (κ2) is 13.6. The van der Waals surface area contributed by atoms with Gasteiger partial charge >= 0.3 is 5.97 Å². The Labute approximate surface area is 258 Å². The molecule has 4 heterocycles. The highest BCUT2D eigenvalue weighted by atomic mass is 16.6. The number of benzene rings is 1. The smallest absolute Gasteiger partial charge is 0.313 e. The zero-order valence-corrected chi connectivity index (χ0v) is 25.6. The number of carbonyl (C=O) groups is 4. The van der Waals surface area contributed by atoms with Crippen LogP contribution in [0.1, 0.15) is 51.2 Å². The van der Waals surface area contributed by atoms with Crippen LogP contribution in [-0.4, -0.2) is 102 Å². The average molecular weight is 610 g/mol. The van der Waals surface area contributed by atoms with E-state index in [2.05, 4.69) is 5.32 Å². The van der Waals surface area contributed by atoms with E-state index >= 15 is 0 Å². The standard InChI is InChI=1S/C33H43N3O8/c1-21(2)35-17-9-5-8-14-25(38)34-23(20-42-3)28(22-12-6-4-7-13-22)43-32(41)26-24-15-16-33(44-24)27(26)30(39)36(18-10-11-19-37)29(33)31(35)40/h4-7,9,12-13,15-16,21,23-24,26-29,37H,8,10-11,14,17-20H2,1-3H3,(H,34,38)/b9-5-/t23-,24+,26-,27-,28-,29+,33-/m0/s1. The maximum atomic E-state index is 14.4. The Morgan fingerprint density at radius 3 is 2.57 bits per heavy atom. The summed E-state index contributed by atoms with van der Waals surface area (Å²) in [7, 11) is 1.51. The first-order valence-corrected chi connectivity index (χ1v) is 15.5. The van der Waals surface area contributed by atoms with E-state index in [9.17, 15) is 24.3 Å². The topological polar surface area (TPSA) is 135 Å². The lowest BCUT2D eigenvalue weighted by atomic mass is 9.74. The molecule has 2 fully saturated rings. The van der Waals surface area contributed by atoms with Crippen molar-refractivity contribution in [2.24, 2.45) is 11.8 Å². The molecule has 4 aliphatic rings. The number of likely N-dealkylation sites (tertiary alicyclic amines) is 1. The van der Waals surface area contributed by atoms with Crippen molar-refractivity contribution in [3.05, 3.63) is 60.2 Å². The maximum absolute atomic E-state index is 14.4. The SMILES string of the molecule is COC[C@@H]1NC(=O)CC/C=C\CN(C(C)C)C(=O)[C@H]2N(CCCCO)C(=O)[C@@H]3[C@@H](C(=O)O[C@H]1c1ccccc1)[C@H]1C=C[C@]32O1. The number of allylic oxidation sites excluding steroid dienone is 1. The summed E-state index contributed by atoms with van der Waals surface area (Å²) in [6, 6.07) is 7.27. The molecule has 1 spiro atoms. The first-order chi connectivity index (χ1) is 21.2. The van der Waals surface area contributed by atoms with Crippen molar-refractivity contribution in [3.63, 3.8) is 0 Å². The minimum absolute atomic E-state index is 0.0361. The number of ether oxygens (including phenoxy) is 3. The number of hydrogen-bond donors (Lipinski definition) is 2. The first-order valence-electron chi connectivity index (χ1n) is 15.5. The zero-order chi connectivity index (χ0) is 31.4. The summed E-state index contributed by atoms with van der Waals surface area (Å²) in [5, 5.41) is 12.4. The molecule has 238 valence electrons. The van der Waals surface area contributed by atoms with Crippen molar-refractivity contribution in [1.29, 1.82) is 0 Å². The number of nitrogens with one attached hydrogen (secondary N) is 1. The monoisotopic (exact) mass is 609 g/mol. The van der Waals surface area contributed by atoms with Crippen LogP contribution in [0, 0.1) is 11.8 Å². The van der Waals surface area contributed by atoms with Gasteiger partial charge in [0, 0.05) is 39.3 Å². The summed E-state index contributed by atoms with van der Waals surface area (Å²) in [5.74, 6) is -3.42. The molecule has 3 amide bonds. The number of fused-ring (bicyclic) bond motifs is 2. The first kappa shape index (κ1) is 31.9. The third kappa shape index (κ3) is 5.92. The van der Waals surface area contributed by atoms with Gasteiger partial charge in [0.2, 0.25) is 17.7 Å². The normalized spacial score (nSPS) is 33.1. The van der Waals surface area contributed by atoms with E-state index in [0.717, 1.165) is 0 Å². The predicted molar refractivity (Wildman–Crippen MR) is 160 cm³/mol. The molecule has 5 bridgehead atoms. The molecule has 0 unspecified atom stereocenters. The third-order valence-electron chi connectivity index (χ3n) is 9.03. The van der Waals surface area contributed by atoms with Gasteiger partial charge in [0.1, 0.15) is 23.7 Å². The van der Waals surface area contributed by atoms with E-state index in [1.807, 2.05) is 56.3 Å². The molecule has 5 rings (SSSR count). The number of carbonyl (C=O) groups excluding carboxylic acids is 4. The van der Waals surface area contributed by atoms with E-state index in [0.29, 0.717) is 24.8 Å². The van der Waals surface area contributed by atoms with E-state index in [4.69, 9.17) is 14.2 Å². The van der Waals surface area contributed by atoms with Gasteiger partial charge in [-0.2, -0.15) is 0 Å². The van der Waals surface area contributed by atoms with E-state index in [-0.39, 0.29) is 56.5 Å². The summed E-state index contributed by atoms with van der Waals surface area (Å²) >= 11 is 0. The van der Waals surface area contributed by atoms with Gasteiger partial charge in [0.15, 0.2) is 0 Å². The molecular weight excluding hydrogens is 566 g/mol. The van der Waals surface area contributed by atoms with Gasteiger partial charge in [0.05, 0.1) is 24.7 Å². The second-order valence-corrected chi connectivity index (χ2v) is 12.2. The molecule has 11 nitrogen and oxygen atoms in total. The van der Waals surface area contributed by atoms with Crippen LogP contribution in [0.3, 0.4) is 0 Å². The van der Waals surface area contributed by atoms with Gasteiger partial charge < -0.3 is 34.4 Å². The molecule has 7 atom stereocenters. The van der Waals surface area contributed by atoms with Crippen LogP contribution < -0.4 is 5.32 Å². The highest BCUT2D eigenvalue weighted by Gasteiger charge is 2.73.